The Labute approximate surface area is 180 Å². The molecule has 27 heavy (non-hydrogen) atoms. The number of carbonyl (C=O) groups excluding carboxylic acids is 1. The van der Waals surface area contributed by atoms with Crippen LogP contribution in [0.25, 0.3) is 11.3 Å². The number of amides is 1. The maximum atomic E-state index is 12.4. The zero-order valence-electron chi connectivity index (χ0n) is 13.8. The smallest absolute Gasteiger partial charge is 0.266 e. The van der Waals surface area contributed by atoms with E-state index in [1.807, 2.05) is 0 Å². The molecule has 1 N–H and O–H groups in total. The zero-order chi connectivity index (χ0) is 19.6. The first-order valence-corrected chi connectivity index (χ1v) is 10.1. The number of carbonyl (C=O) groups is 1. The molecule has 1 amide bonds. The van der Waals surface area contributed by atoms with Gasteiger partial charge < -0.3 is 4.74 Å². The molecule has 0 spiro atoms. The van der Waals surface area contributed by atoms with Crippen LogP contribution in [0.1, 0.15) is 6.92 Å². The van der Waals surface area contributed by atoms with Crippen LogP contribution in [0.15, 0.2) is 41.8 Å². The number of benzene rings is 2. The van der Waals surface area contributed by atoms with E-state index in [2.05, 4.69) is 10.3 Å². The second-order valence-corrected chi connectivity index (χ2v) is 8.03. The summed E-state index contributed by atoms with van der Waals surface area (Å²) < 4.78 is 5.60. The SMILES string of the molecule is C[C@@H](Oc1ccc(Cl)cc1Cl)C(=O)Nc1nc(-c2ccc(Cl)cc2Cl)cs1. The molecular formula is C18H12Cl4N2O2S. The second kappa shape index (κ2) is 8.67. The first-order chi connectivity index (χ1) is 12.8. The normalized spacial score (nSPS) is 11.9. The van der Waals surface area contributed by atoms with Gasteiger partial charge >= 0.3 is 0 Å². The van der Waals surface area contributed by atoms with Crippen molar-refractivity contribution in [1.82, 2.24) is 4.98 Å². The number of rotatable bonds is 5. The third kappa shape index (κ3) is 5.06. The van der Waals surface area contributed by atoms with E-state index in [4.69, 9.17) is 51.1 Å². The lowest BCUT2D eigenvalue weighted by atomic mass is 10.2. The van der Waals surface area contributed by atoms with E-state index in [0.29, 0.717) is 36.7 Å². The van der Waals surface area contributed by atoms with Crippen molar-refractivity contribution in [3.8, 4) is 17.0 Å². The van der Waals surface area contributed by atoms with E-state index in [-0.39, 0.29) is 5.91 Å². The lowest BCUT2D eigenvalue weighted by Gasteiger charge is -2.14. The van der Waals surface area contributed by atoms with Crippen molar-refractivity contribution in [3.63, 3.8) is 0 Å². The molecule has 0 saturated heterocycles. The fraction of sp³-hybridized carbons (Fsp3) is 0.111. The van der Waals surface area contributed by atoms with Gasteiger partial charge in [-0.3, -0.25) is 10.1 Å². The van der Waals surface area contributed by atoms with Gasteiger partial charge in [0, 0.05) is 21.0 Å². The van der Waals surface area contributed by atoms with Gasteiger partial charge in [0.1, 0.15) is 5.75 Å². The standard InChI is InChI=1S/C18H12Cl4N2O2S/c1-9(26-16-5-3-11(20)7-14(16)22)17(25)24-18-23-15(8-27-18)12-4-2-10(19)6-13(12)21/h2-9H,1H3,(H,23,24,25)/t9-/m1/s1. The highest BCUT2D eigenvalue weighted by atomic mass is 35.5. The van der Waals surface area contributed by atoms with Crippen LogP contribution in [-0.2, 0) is 4.79 Å². The van der Waals surface area contributed by atoms with Crippen LogP contribution < -0.4 is 10.1 Å². The summed E-state index contributed by atoms with van der Waals surface area (Å²) in [5.41, 5.74) is 1.38. The van der Waals surface area contributed by atoms with Gasteiger partial charge in [-0.2, -0.15) is 0 Å². The Bertz CT molecular complexity index is 993. The zero-order valence-corrected chi connectivity index (χ0v) is 17.6. The summed E-state index contributed by atoms with van der Waals surface area (Å²) >= 11 is 25.3. The minimum absolute atomic E-state index is 0.330. The number of aromatic nitrogens is 1. The molecule has 0 radical (unpaired) electrons. The summed E-state index contributed by atoms with van der Waals surface area (Å²) in [7, 11) is 0. The monoisotopic (exact) mass is 460 g/mol. The van der Waals surface area contributed by atoms with Crippen LogP contribution >= 0.6 is 57.7 Å². The lowest BCUT2D eigenvalue weighted by Crippen LogP contribution is -2.30. The molecule has 1 aromatic heterocycles. The molecule has 1 atom stereocenters. The van der Waals surface area contributed by atoms with Gasteiger partial charge in [-0.1, -0.05) is 46.4 Å². The van der Waals surface area contributed by atoms with E-state index in [9.17, 15) is 4.79 Å². The largest absolute Gasteiger partial charge is 0.479 e. The number of nitrogens with one attached hydrogen (secondary N) is 1. The number of hydrogen-bond acceptors (Lipinski definition) is 4. The summed E-state index contributed by atoms with van der Waals surface area (Å²) in [5.74, 6) is 0.0145. The van der Waals surface area contributed by atoms with Crippen molar-refractivity contribution in [2.75, 3.05) is 5.32 Å². The molecule has 1 heterocycles. The number of anilines is 1. The Kier molecular flexibility index (Phi) is 6.50. The number of thiazole rings is 1. The lowest BCUT2D eigenvalue weighted by molar-refractivity contribution is -0.122. The van der Waals surface area contributed by atoms with Crippen LogP contribution in [0.4, 0.5) is 5.13 Å². The Morgan fingerprint density at radius 3 is 2.41 bits per heavy atom. The third-order valence-corrected chi connectivity index (χ3v) is 5.34. The van der Waals surface area contributed by atoms with E-state index in [1.165, 1.54) is 11.3 Å². The van der Waals surface area contributed by atoms with E-state index < -0.39 is 6.10 Å². The molecule has 0 bridgehead atoms. The molecule has 3 rings (SSSR count). The number of halogens is 4. The Hall–Kier alpha value is -1.50. The second-order valence-electron chi connectivity index (χ2n) is 5.49. The van der Waals surface area contributed by atoms with Crippen LogP contribution in [-0.4, -0.2) is 17.0 Å². The summed E-state index contributed by atoms with van der Waals surface area (Å²) in [6, 6.07) is 9.94. The fourth-order valence-corrected chi connectivity index (χ4v) is 3.85. The molecule has 0 fully saturated rings. The minimum Gasteiger partial charge on any atom is -0.479 e. The first-order valence-electron chi connectivity index (χ1n) is 7.67. The molecular weight excluding hydrogens is 450 g/mol. The molecule has 4 nitrogen and oxygen atoms in total. The van der Waals surface area contributed by atoms with E-state index in [0.717, 1.165) is 5.56 Å². The topological polar surface area (TPSA) is 51.2 Å². The number of ether oxygens (including phenoxy) is 1. The fourth-order valence-electron chi connectivity index (χ4n) is 2.17. The molecule has 0 unspecified atom stereocenters. The maximum Gasteiger partial charge on any atom is 0.266 e. The highest BCUT2D eigenvalue weighted by molar-refractivity contribution is 7.14. The van der Waals surface area contributed by atoms with Gasteiger partial charge in [0.25, 0.3) is 5.91 Å². The number of nitrogens with zero attached hydrogens (tertiary/aromatic N) is 1. The van der Waals surface area contributed by atoms with Crippen molar-refractivity contribution in [3.05, 3.63) is 61.9 Å². The highest BCUT2D eigenvalue weighted by Gasteiger charge is 2.18. The van der Waals surface area contributed by atoms with Crippen LogP contribution in [0.3, 0.4) is 0 Å². The number of hydrogen-bond donors (Lipinski definition) is 1. The van der Waals surface area contributed by atoms with Crippen molar-refractivity contribution in [2.45, 2.75) is 13.0 Å². The molecule has 0 aliphatic rings. The van der Waals surface area contributed by atoms with Gasteiger partial charge in [0.2, 0.25) is 0 Å². The van der Waals surface area contributed by atoms with Crippen molar-refractivity contribution in [2.24, 2.45) is 0 Å². The quantitative estimate of drug-likeness (QED) is 0.452. The summed E-state index contributed by atoms with van der Waals surface area (Å²) in [6.45, 7) is 1.62. The van der Waals surface area contributed by atoms with E-state index >= 15 is 0 Å². The molecule has 0 saturated carbocycles. The van der Waals surface area contributed by atoms with Crippen LogP contribution in [0.2, 0.25) is 20.1 Å². The van der Waals surface area contributed by atoms with Gasteiger partial charge in [0.15, 0.2) is 11.2 Å². The summed E-state index contributed by atoms with van der Waals surface area (Å²) in [4.78, 5) is 16.8. The van der Waals surface area contributed by atoms with Gasteiger partial charge in [0.05, 0.1) is 15.7 Å². The molecule has 9 heteroatoms. The van der Waals surface area contributed by atoms with Crippen LogP contribution in [0.5, 0.6) is 5.75 Å². The van der Waals surface area contributed by atoms with Gasteiger partial charge in [-0.25, -0.2) is 4.98 Å². The summed E-state index contributed by atoms with van der Waals surface area (Å²) in [6.07, 6.45) is -0.782. The maximum absolute atomic E-state index is 12.4. The average Bonchev–Trinajstić information content (AvgIpc) is 3.05. The van der Waals surface area contributed by atoms with Gasteiger partial charge in [-0.15, -0.1) is 11.3 Å². The van der Waals surface area contributed by atoms with Crippen molar-refractivity contribution >= 4 is 68.8 Å². The third-order valence-electron chi connectivity index (χ3n) is 3.51. The Morgan fingerprint density at radius 2 is 1.74 bits per heavy atom. The first kappa shape index (κ1) is 20.2. The van der Waals surface area contributed by atoms with Crippen molar-refractivity contribution in [1.29, 1.82) is 0 Å². The van der Waals surface area contributed by atoms with Crippen LogP contribution in [0, 0.1) is 0 Å². The molecule has 3 aromatic rings. The summed E-state index contributed by atoms with van der Waals surface area (Å²) in [5, 5.41) is 6.79. The molecule has 2 aromatic carbocycles. The molecule has 0 aliphatic heterocycles. The van der Waals surface area contributed by atoms with Gasteiger partial charge in [-0.05, 0) is 43.3 Å². The Morgan fingerprint density at radius 1 is 1.07 bits per heavy atom. The highest BCUT2D eigenvalue weighted by Crippen LogP contribution is 2.32. The Balaban J connectivity index is 1.68. The predicted molar refractivity (Wildman–Crippen MR) is 113 cm³/mol. The predicted octanol–water partition coefficient (Wildman–Crippen LogP) is 6.83. The minimum atomic E-state index is -0.782. The van der Waals surface area contributed by atoms with E-state index in [1.54, 1.807) is 48.7 Å². The molecule has 0 aliphatic carbocycles. The molecule has 140 valence electrons. The average molecular weight is 462 g/mol. The van der Waals surface area contributed by atoms with Crippen molar-refractivity contribution < 1.29 is 9.53 Å².